The van der Waals surface area contributed by atoms with E-state index in [1.54, 1.807) is 0 Å². The van der Waals surface area contributed by atoms with Crippen LogP contribution in [0.3, 0.4) is 0 Å². The highest BCUT2D eigenvalue weighted by Crippen LogP contribution is 2.38. The van der Waals surface area contributed by atoms with E-state index in [0.717, 1.165) is 35.5 Å². The number of piperidine rings is 1. The van der Waals surface area contributed by atoms with Gasteiger partial charge in [-0.25, -0.2) is 4.79 Å². The van der Waals surface area contributed by atoms with E-state index < -0.39 is 0 Å². The number of hydrogen-bond donors (Lipinski definition) is 2. The Hall–Kier alpha value is -2.73. The van der Waals surface area contributed by atoms with Crippen molar-refractivity contribution < 1.29 is 0 Å². The molecular formula is C31H43N5O. The van der Waals surface area contributed by atoms with Gasteiger partial charge in [0.05, 0.1) is 22.4 Å². The number of fused-ring (bicyclic) bond motifs is 1. The number of aromatic amines is 1. The molecule has 0 spiro atoms. The molecule has 3 aromatic rings. The van der Waals surface area contributed by atoms with Gasteiger partial charge in [0.25, 0.3) is 0 Å². The van der Waals surface area contributed by atoms with E-state index in [4.69, 9.17) is 0 Å². The Morgan fingerprint density at radius 3 is 2.46 bits per heavy atom. The Morgan fingerprint density at radius 2 is 1.68 bits per heavy atom. The van der Waals surface area contributed by atoms with E-state index in [1.807, 2.05) is 4.57 Å². The van der Waals surface area contributed by atoms with Gasteiger partial charge >= 0.3 is 5.69 Å². The molecule has 3 fully saturated rings. The first kappa shape index (κ1) is 24.6. The highest BCUT2D eigenvalue weighted by Gasteiger charge is 2.31. The van der Waals surface area contributed by atoms with Crippen LogP contribution in [0.15, 0.2) is 47.3 Å². The number of nitrogens with one attached hydrogen (secondary N) is 2. The summed E-state index contributed by atoms with van der Waals surface area (Å²) in [5, 5.41) is 3.71. The molecule has 1 aromatic heterocycles. The smallest absolute Gasteiger partial charge is 0.326 e. The summed E-state index contributed by atoms with van der Waals surface area (Å²) in [6, 6.07) is 16.1. The third-order valence-corrected chi connectivity index (χ3v) is 9.26. The number of nitrogens with zero attached hydrogens (tertiary/aromatic N) is 3. The number of likely N-dealkylation sites (tertiary alicyclic amines) is 1. The number of anilines is 3. The largest absolute Gasteiger partial charge is 0.367 e. The van der Waals surface area contributed by atoms with Crippen molar-refractivity contribution in [3.63, 3.8) is 0 Å². The zero-order valence-electron chi connectivity index (χ0n) is 22.4. The Balaban J connectivity index is 1.39. The first-order chi connectivity index (χ1) is 18.2. The van der Waals surface area contributed by atoms with Gasteiger partial charge in [0.2, 0.25) is 0 Å². The number of para-hydroxylation sites is 1. The first-order valence-electron chi connectivity index (χ1n) is 14.7. The normalized spacial score (nSPS) is 23.6. The fourth-order valence-corrected chi connectivity index (χ4v) is 7.17. The van der Waals surface area contributed by atoms with E-state index in [9.17, 15) is 4.79 Å². The Bertz CT molecular complexity index is 1240. The van der Waals surface area contributed by atoms with Crippen LogP contribution in [-0.4, -0.2) is 46.7 Å². The van der Waals surface area contributed by atoms with Crippen molar-refractivity contribution in [2.45, 2.75) is 89.3 Å². The van der Waals surface area contributed by atoms with Crippen LogP contribution in [0.5, 0.6) is 0 Å². The lowest BCUT2D eigenvalue weighted by molar-refractivity contribution is 0.266. The fourth-order valence-electron chi connectivity index (χ4n) is 7.17. The number of H-pyrrole nitrogens is 1. The van der Waals surface area contributed by atoms with Gasteiger partial charge in [-0.3, -0.25) is 4.57 Å². The van der Waals surface area contributed by atoms with E-state index in [0.29, 0.717) is 18.0 Å². The summed E-state index contributed by atoms with van der Waals surface area (Å²) in [4.78, 5) is 21.6. The summed E-state index contributed by atoms with van der Waals surface area (Å²) in [6.45, 7) is 3.13. The highest BCUT2D eigenvalue weighted by atomic mass is 16.1. The molecule has 6 nitrogen and oxygen atoms in total. The number of hydrogen-bond acceptors (Lipinski definition) is 4. The molecule has 1 aliphatic carbocycles. The van der Waals surface area contributed by atoms with Gasteiger partial charge in [-0.1, -0.05) is 37.5 Å². The first-order valence-corrected chi connectivity index (χ1v) is 14.7. The average Bonchev–Trinajstić information content (AvgIpc) is 3.46. The van der Waals surface area contributed by atoms with Crippen LogP contribution in [0.1, 0.15) is 70.6 Å². The van der Waals surface area contributed by atoms with E-state index in [1.165, 1.54) is 82.9 Å². The molecule has 3 heterocycles. The van der Waals surface area contributed by atoms with Crippen LogP contribution >= 0.6 is 0 Å². The Morgan fingerprint density at radius 1 is 0.892 bits per heavy atom. The quantitative estimate of drug-likeness (QED) is 0.388. The van der Waals surface area contributed by atoms with Crippen molar-refractivity contribution in [3.05, 3.63) is 52.9 Å². The fraction of sp³-hybridized carbons (Fsp3) is 0.581. The van der Waals surface area contributed by atoms with Gasteiger partial charge < -0.3 is 20.1 Å². The van der Waals surface area contributed by atoms with Crippen LogP contribution in [0.25, 0.3) is 11.0 Å². The second-order valence-corrected chi connectivity index (χ2v) is 11.8. The van der Waals surface area contributed by atoms with Gasteiger partial charge in [0.15, 0.2) is 0 Å². The number of benzene rings is 2. The van der Waals surface area contributed by atoms with Crippen molar-refractivity contribution >= 4 is 28.1 Å². The third-order valence-electron chi connectivity index (χ3n) is 9.26. The molecular weight excluding hydrogens is 458 g/mol. The van der Waals surface area contributed by atoms with Crippen LogP contribution in [0.4, 0.5) is 17.1 Å². The standard InChI is InChI=1S/C31H43N5O/c1-34-17-10-16-25(34)19-26-15-8-9-18-35(26)29-21-30-28(20-27(29)32-24-13-6-3-7-14-24)33-31(37)36(30)22-23-11-4-2-5-12-23/h3,6-7,13-14,20-21,23,25-26,32H,2,4-5,8-12,15-19,22H2,1H3,(H,33,37)/t25-,26?/m0/s1. The molecule has 6 heteroatoms. The van der Waals surface area contributed by atoms with Crippen LogP contribution < -0.4 is 15.9 Å². The van der Waals surface area contributed by atoms with Crippen molar-refractivity contribution in [1.29, 1.82) is 0 Å². The lowest BCUT2D eigenvalue weighted by Crippen LogP contribution is -2.43. The number of imidazole rings is 1. The van der Waals surface area contributed by atoms with E-state index in [-0.39, 0.29) is 5.69 Å². The summed E-state index contributed by atoms with van der Waals surface area (Å²) in [5.74, 6) is 0.608. The Kier molecular flexibility index (Phi) is 7.27. The van der Waals surface area contributed by atoms with Crippen molar-refractivity contribution in [2.24, 2.45) is 5.92 Å². The molecule has 2 atom stereocenters. The van der Waals surface area contributed by atoms with Gasteiger partial charge in [0.1, 0.15) is 0 Å². The minimum atomic E-state index is 0.0335. The lowest BCUT2D eigenvalue weighted by atomic mass is 9.89. The zero-order chi connectivity index (χ0) is 25.2. The summed E-state index contributed by atoms with van der Waals surface area (Å²) in [5.41, 5.74) is 5.45. The molecule has 0 amide bonds. The van der Waals surface area contributed by atoms with E-state index in [2.05, 4.69) is 69.6 Å². The average molecular weight is 502 g/mol. The predicted octanol–water partition coefficient (Wildman–Crippen LogP) is 6.50. The molecule has 3 aliphatic rings. The van der Waals surface area contributed by atoms with Gasteiger partial charge in [-0.05, 0) is 95.1 Å². The Labute approximate surface area is 221 Å². The molecule has 1 saturated carbocycles. The molecule has 1 unspecified atom stereocenters. The highest BCUT2D eigenvalue weighted by molar-refractivity contribution is 5.90. The summed E-state index contributed by atoms with van der Waals surface area (Å²) in [7, 11) is 2.29. The van der Waals surface area contributed by atoms with Crippen molar-refractivity contribution in [2.75, 3.05) is 30.4 Å². The van der Waals surface area contributed by atoms with Crippen molar-refractivity contribution in [3.8, 4) is 0 Å². The SMILES string of the molecule is CN1CCC[C@H]1CC1CCCCN1c1cc2c(cc1Nc1ccccc1)[nH]c(=O)n2CC1CCCCC1. The van der Waals surface area contributed by atoms with Crippen LogP contribution in [-0.2, 0) is 6.54 Å². The zero-order valence-corrected chi connectivity index (χ0v) is 22.4. The second-order valence-electron chi connectivity index (χ2n) is 11.8. The molecule has 0 bridgehead atoms. The van der Waals surface area contributed by atoms with E-state index >= 15 is 0 Å². The summed E-state index contributed by atoms with van der Waals surface area (Å²) in [6.07, 6.45) is 14.0. The molecule has 2 aliphatic heterocycles. The molecule has 6 rings (SSSR count). The minimum Gasteiger partial charge on any atom is -0.367 e. The molecule has 0 radical (unpaired) electrons. The van der Waals surface area contributed by atoms with Crippen LogP contribution in [0.2, 0.25) is 0 Å². The topological polar surface area (TPSA) is 56.3 Å². The molecule has 2 N–H and O–H groups in total. The third kappa shape index (κ3) is 5.31. The van der Waals surface area contributed by atoms with Gasteiger partial charge in [-0.2, -0.15) is 0 Å². The maximum absolute atomic E-state index is 13.2. The lowest BCUT2D eigenvalue weighted by Gasteiger charge is -2.40. The summed E-state index contributed by atoms with van der Waals surface area (Å²) >= 11 is 0. The number of aromatic nitrogens is 2. The van der Waals surface area contributed by atoms with Gasteiger partial charge in [0, 0.05) is 30.9 Å². The minimum absolute atomic E-state index is 0.0335. The molecule has 2 aromatic carbocycles. The maximum atomic E-state index is 13.2. The van der Waals surface area contributed by atoms with Crippen LogP contribution in [0, 0.1) is 5.92 Å². The molecule has 2 saturated heterocycles. The molecule has 37 heavy (non-hydrogen) atoms. The predicted molar refractivity (Wildman–Crippen MR) is 154 cm³/mol. The van der Waals surface area contributed by atoms with Gasteiger partial charge in [-0.15, -0.1) is 0 Å². The second kappa shape index (κ2) is 10.9. The summed E-state index contributed by atoms with van der Waals surface area (Å²) < 4.78 is 2.03. The van der Waals surface area contributed by atoms with Crippen molar-refractivity contribution in [1.82, 2.24) is 14.5 Å². The monoisotopic (exact) mass is 501 g/mol. The number of rotatable bonds is 7. The maximum Gasteiger partial charge on any atom is 0.326 e. The molecule has 198 valence electrons.